The second kappa shape index (κ2) is 3.18. The minimum absolute atomic E-state index is 0.803. The summed E-state index contributed by atoms with van der Waals surface area (Å²) in [5.41, 5.74) is 2.45. The summed E-state index contributed by atoms with van der Waals surface area (Å²) in [6.07, 6.45) is 3.96. The van der Waals surface area contributed by atoms with Crippen molar-refractivity contribution >= 4 is 5.52 Å². The van der Waals surface area contributed by atoms with Crippen molar-refractivity contribution in [2.24, 2.45) is 0 Å². The maximum absolute atomic E-state index is 4.35. The number of nitrogens with one attached hydrogen (secondary N) is 1. The third-order valence-electron chi connectivity index (χ3n) is 2.19. The number of hydrogen-bond donors (Lipinski definition) is 1. The van der Waals surface area contributed by atoms with Gasteiger partial charge in [0, 0.05) is 6.20 Å². The highest BCUT2D eigenvalue weighted by Gasteiger charge is 2.02. The lowest BCUT2D eigenvalue weighted by atomic mass is 10.3. The highest BCUT2D eigenvalue weighted by atomic mass is 15.0. The number of nitrogens with zero attached hydrogens (tertiary/aromatic N) is 2. The van der Waals surface area contributed by atoms with Crippen molar-refractivity contribution in [1.82, 2.24) is 14.7 Å². The average Bonchev–Trinajstić information content (AvgIpc) is 2.51. The molecule has 2 aromatic heterocycles. The molecule has 68 valence electrons. The fraction of sp³-hybridized carbons (Fsp3) is 0.300. The Labute approximate surface area is 77.4 Å². The first-order valence-corrected chi connectivity index (χ1v) is 4.39. The molecule has 0 aliphatic rings. The van der Waals surface area contributed by atoms with Crippen molar-refractivity contribution in [3.63, 3.8) is 0 Å². The number of rotatable bonds is 2. The third kappa shape index (κ3) is 1.31. The third-order valence-corrected chi connectivity index (χ3v) is 2.19. The zero-order valence-corrected chi connectivity index (χ0v) is 7.91. The van der Waals surface area contributed by atoms with Gasteiger partial charge in [0.1, 0.15) is 5.82 Å². The molecule has 13 heavy (non-hydrogen) atoms. The molecule has 0 saturated heterocycles. The molecule has 0 amide bonds. The van der Waals surface area contributed by atoms with Crippen LogP contribution in [0.25, 0.3) is 5.52 Å². The van der Waals surface area contributed by atoms with E-state index in [0.29, 0.717) is 0 Å². The van der Waals surface area contributed by atoms with E-state index in [4.69, 9.17) is 0 Å². The maximum Gasteiger partial charge on any atom is 0.127 e. The predicted molar refractivity (Wildman–Crippen MR) is 52.7 cm³/mol. The van der Waals surface area contributed by atoms with Crippen LogP contribution >= 0.6 is 0 Å². The van der Waals surface area contributed by atoms with Gasteiger partial charge in [0.15, 0.2) is 0 Å². The summed E-state index contributed by atoms with van der Waals surface area (Å²) in [7, 11) is 1.93. The molecule has 0 aromatic carbocycles. The van der Waals surface area contributed by atoms with Gasteiger partial charge in [0.2, 0.25) is 0 Å². The van der Waals surface area contributed by atoms with E-state index in [9.17, 15) is 0 Å². The smallest absolute Gasteiger partial charge is 0.127 e. The lowest BCUT2D eigenvalue weighted by molar-refractivity contribution is 0.755. The van der Waals surface area contributed by atoms with Crippen LogP contribution in [0.1, 0.15) is 11.4 Å². The van der Waals surface area contributed by atoms with Gasteiger partial charge in [-0.2, -0.15) is 0 Å². The molecule has 0 fully saturated rings. The Kier molecular flexibility index (Phi) is 2.02. The fourth-order valence-corrected chi connectivity index (χ4v) is 1.50. The van der Waals surface area contributed by atoms with Gasteiger partial charge in [0.25, 0.3) is 0 Å². The molecule has 2 rings (SSSR count). The van der Waals surface area contributed by atoms with Gasteiger partial charge in [0.05, 0.1) is 18.3 Å². The Bertz CT molecular complexity index is 417. The molecule has 0 bridgehead atoms. The van der Waals surface area contributed by atoms with Crippen molar-refractivity contribution in [1.29, 1.82) is 0 Å². The van der Waals surface area contributed by atoms with Crippen molar-refractivity contribution in [3.05, 3.63) is 35.9 Å². The minimum Gasteiger partial charge on any atom is -0.313 e. The van der Waals surface area contributed by atoms with Crippen molar-refractivity contribution in [2.75, 3.05) is 7.05 Å². The quantitative estimate of drug-likeness (QED) is 0.746. The van der Waals surface area contributed by atoms with E-state index in [1.54, 1.807) is 0 Å². The molecule has 2 heterocycles. The average molecular weight is 175 g/mol. The van der Waals surface area contributed by atoms with Crippen LogP contribution < -0.4 is 5.32 Å². The summed E-state index contributed by atoms with van der Waals surface area (Å²) in [4.78, 5) is 4.35. The Hall–Kier alpha value is -1.35. The standard InChI is InChI=1S/C10H13N3/c1-8-4-3-5-13-9(8)6-12-10(13)7-11-2/h3-6,11H,7H2,1-2H3. The number of fused-ring (bicyclic) bond motifs is 1. The highest BCUT2D eigenvalue weighted by Crippen LogP contribution is 2.11. The molecule has 0 aliphatic heterocycles. The summed E-state index contributed by atoms with van der Waals surface area (Å²) in [5, 5.41) is 3.10. The lowest BCUT2D eigenvalue weighted by Crippen LogP contribution is -2.08. The van der Waals surface area contributed by atoms with E-state index < -0.39 is 0 Å². The van der Waals surface area contributed by atoms with E-state index in [1.807, 2.05) is 25.5 Å². The van der Waals surface area contributed by atoms with Crippen molar-refractivity contribution in [2.45, 2.75) is 13.5 Å². The highest BCUT2D eigenvalue weighted by molar-refractivity contribution is 5.53. The summed E-state index contributed by atoms with van der Waals surface area (Å²) in [5.74, 6) is 1.06. The maximum atomic E-state index is 4.35. The first-order chi connectivity index (χ1) is 6.33. The molecule has 3 nitrogen and oxygen atoms in total. The van der Waals surface area contributed by atoms with E-state index in [1.165, 1.54) is 11.1 Å². The minimum atomic E-state index is 0.803. The van der Waals surface area contributed by atoms with Gasteiger partial charge in [-0.3, -0.25) is 0 Å². The summed E-state index contributed by atoms with van der Waals surface area (Å²) in [6.45, 7) is 2.90. The number of imidazole rings is 1. The van der Waals surface area contributed by atoms with Crippen molar-refractivity contribution in [3.8, 4) is 0 Å². The molecular formula is C10H13N3. The van der Waals surface area contributed by atoms with Crippen LogP contribution in [0.4, 0.5) is 0 Å². The van der Waals surface area contributed by atoms with E-state index in [2.05, 4.69) is 27.7 Å². The second-order valence-corrected chi connectivity index (χ2v) is 3.15. The van der Waals surface area contributed by atoms with Gasteiger partial charge >= 0.3 is 0 Å². The monoisotopic (exact) mass is 175 g/mol. The molecule has 1 N–H and O–H groups in total. The van der Waals surface area contributed by atoms with Gasteiger partial charge in [-0.25, -0.2) is 4.98 Å². The van der Waals surface area contributed by atoms with Crippen LogP contribution in [0.2, 0.25) is 0 Å². The van der Waals surface area contributed by atoms with Gasteiger partial charge in [-0.15, -0.1) is 0 Å². The molecule has 0 radical (unpaired) electrons. The normalized spacial score (nSPS) is 10.9. The van der Waals surface area contributed by atoms with Crippen LogP contribution in [-0.2, 0) is 6.54 Å². The number of hydrogen-bond acceptors (Lipinski definition) is 2. The lowest BCUT2D eigenvalue weighted by Gasteiger charge is -2.01. The van der Waals surface area contributed by atoms with Gasteiger partial charge in [-0.1, -0.05) is 6.07 Å². The predicted octanol–water partition coefficient (Wildman–Crippen LogP) is 1.36. The first kappa shape index (κ1) is 8.26. The van der Waals surface area contributed by atoms with E-state index >= 15 is 0 Å². The van der Waals surface area contributed by atoms with Gasteiger partial charge < -0.3 is 9.72 Å². The Balaban J connectivity index is 2.61. The van der Waals surface area contributed by atoms with Crippen LogP contribution in [0, 0.1) is 6.92 Å². The number of pyridine rings is 1. The van der Waals surface area contributed by atoms with Crippen LogP contribution in [0.3, 0.4) is 0 Å². The van der Waals surface area contributed by atoms with Crippen LogP contribution in [0.5, 0.6) is 0 Å². The Morgan fingerprint density at radius 3 is 3.15 bits per heavy atom. The zero-order chi connectivity index (χ0) is 9.26. The van der Waals surface area contributed by atoms with E-state index in [0.717, 1.165) is 12.4 Å². The summed E-state index contributed by atoms with van der Waals surface area (Å²) >= 11 is 0. The Morgan fingerprint density at radius 1 is 1.54 bits per heavy atom. The molecule has 0 spiro atoms. The molecular weight excluding hydrogens is 162 g/mol. The molecule has 0 aliphatic carbocycles. The zero-order valence-electron chi connectivity index (χ0n) is 7.91. The molecule has 3 heteroatoms. The second-order valence-electron chi connectivity index (χ2n) is 3.15. The summed E-state index contributed by atoms with van der Waals surface area (Å²) < 4.78 is 2.12. The molecule has 2 aromatic rings. The van der Waals surface area contributed by atoms with Crippen LogP contribution in [-0.4, -0.2) is 16.4 Å². The Morgan fingerprint density at radius 2 is 2.38 bits per heavy atom. The van der Waals surface area contributed by atoms with Gasteiger partial charge in [-0.05, 0) is 25.6 Å². The molecule has 0 atom stereocenters. The van der Waals surface area contributed by atoms with Crippen LogP contribution in [0.15, 0.2) is 24.5 Å². The largest absolute Gasteiger partial charge is 0.313 e. The number of aryl methyl sites for hydroxylation is 1. The molecule has 0 unspecified atom stereocenters. The first-order valence-electron chi connectivity index (χ1n) is 4.39. The topological polar surface area (TPSA) is 29.3 Å². The molecule has 0 saturated carbocycles. The number of aromatic nitrogens is 2. The fourth-order valence-electron chi connectivity index (χ4n) is 1.50. The summed E-state index contributed by atoms with van der Waals surface area (Å²) in [6, 6.07) is 4.14. The van der Waals surface area contributed by atoms with E-state index in [-0.39, 0.29) is 0 Å². The SMILES string of the molecule is CNCc1ncc2c(C)cccn12. The van der Waals surface area contributed by atoms with Crippen molar-refractivity contribution < 1.29 is 0 Å².